The Morgan fingerprint density at radius 3 is 2.08 bits per heavy atom. The van der Waals surface area contributed by atoms with Crippen LogP contribution in [0.4, 0.5) is 4.39 Å². The van der Waals surface area contributed by atoms with E-state index in [9.17, 15) is 21.2 Å². The summed E-state index contributed by atoms with van der Waals surface area (Å²) < 4.78 is 67.1. The second-order valence-corrected chi connectivity index (χ2v) is 8.85. The largest absolute Gasteiger partial charge is 0.494 e. The number of ether oxygens (including phenoxy) is 1. The van der Waals surface area contributed by atoms with Gasteiger partial charge in [-0.25, -0.2) is 26.4 Å². The highest BCUT2D eigenvalue weighted by atomic mass is 32.2. The lowest BCUT2D eigenvalue weighted by Gasteiger charge is -2.18. The summed E-state index contributed by atoms with van der Waals surface area (Å²) >= 11 is 0. The van der Waals surface area contributed by atoms with E-state index in [1.807, 2.05) is 0 Å². The van der Waals surface area contributed by atoms with Crippen molar-refractivity contribution in [3.05, 3.63) is 53.8 Å². The van der Waals surface area contributed by atoms with Gasteiger partial charge in [-0.05, 0) is 42.0 Å². The summed E-state index contributed by atoms with van der Waals surface area (Å²) in [6, 6.07) is 8.69. The molecule has 0 atom stereocenters. The molecule has 0 saturated heterocycles. The van der Waals surface area contributed by atoms with Gasteiger partial charge in [0.2, 0.25) is 20.0 Å². The monoisotopic (exact) mass is 388 g/mol. The van der Waals surface area contributed by atoms with Crippen molar-refractivity contribution in [2.45, 2.75) is 16.3 Å². The Kier molecular flexibility index (Phi) is 5.47. The third kappa shape index (κ3) is 4.34. The van der Waals surface area contributed by atoms with E-state index in [0.29, 0.717) is 5.56 Å². The Morgan fingerprint density at radius 2 is 1.60 bits per heavy atom. The standard InChI is InChI=1S/C15H17FN2O5S2/c1-18(10-11-3-8-15(23-2)14(16)9-11)25(21,22)13-6-4-12(5-7-13)24(17,19)20/h3-9H,10H2,1-2H3,(H2,17,19,20). The molecule has 2 rings (SSSR count). The summed E-state index contributed by atoms with van der Waals surface area (Å²) in [5.41, 5.74) is 0.436. The van der Waals surface area contributed by atoms with Gasteiger partial charge in [0.1, 0.15) is 0 Å². The van der Waals surface area contributed by atoms with Crippen molar-refractivity contribution in [3.63, 3.8) is 0 Å². The molecule has 0 aliphatic carbocycles. The van der Waals surface area contributed by atoms with Crippen molar-refractivity contribution in [1.82, 2.24) is 4.31 Å². The fourth-order valence-corrected chi connectivity index (χ4v) is 3.81. The van der Waals surface area contributed by atoms with Gasteiger partial charge in [-0.1, -0.05) is 6.07 Å². The molecule has 25 heavy (non-hydrogen) atoms. The minimum Gasteiger partial charge on any atom is -0.494 e. The predicted octanol–water partition coefficient (Wildman–Crippen LogP) is 1.30. The summed E-state index contributed by atoms with van der Waals surface area (Å²) in [5, 5.41) is 4.98. The molecule has 0 unspecified atom stereocenters. The molecule has 0 radical (unpaired) electrons. The minimum absolute atomic E-state index is 0.0628. The van der Waals surface area contributed by atoms with Crippen LogP contribution < -0.4 is 9.88 Å². The zero-order chi connectivity index (χ0) is 18.8. The molecule has 2 N–H and O–H groups in total. The number of rotatable bonds is 6. The van der Waals surface area contributed by atoms with E-state index in [1.54, 1.807) is 6.07 Å². The Bertz CT molecular complexity index is 973. The number of hydrogen-bond donors (Lipinski definition) is 1. The van der Waals surface area contributed by atoms with Gasteiger partial charge in [-0.15, -0.1) is 0 Å². The van der Waals surface area contributed by atoms with E-state index in [2.05, 4.69) is 0 Å². The quantitative estimate of drug-likeness (QED) is 0.803. The van der Waals surface area contributed by atoms with Crippen LogP contribution in [0.5, 0.6) is 5.75 Å². The van der Waals surface area contributed by atoms with Crippen LogP contribution in [0.2, 0.25) is 0 Å². The maximum atomic E-state index is 13.7. The lowest BCUT2D eigenvalue weighted by atomic mass is 10.2. The van der Waals surface area contributed by atoms with Gasteiger partial charge in [-0.3, -0.25) is 0 Å². The van der Waals surface area contributed by atoms with Gasteiger partial charge in [-0.2, -0.15) is 4.31 Å². The number of hydrogen-bond acceptors (Lipinski definition) is 5. The molecule has 0 aliphatic heterocycles. The van der Waals surface area contributed by atoms with Gasteiger partial charge in [0.15, 0.2) is 11.6 Å². The van der Waals surface area contributed by atoms with Gasteiger partial charge in [0.05, 0.1) is 16.9 Å². The second-order valence-electron chi connectivity index (χ2n) is 5.25. The fourth-order valence-electron chi connectivity index (χ4n) is 2.13. The van der Waals surface area contributed by atoms with E-state index in [-0.39, 0.29) is 22.1 Å². The van der Waals surface area contributed by atoms with Crippen molar-refractivity contribution in [2.75, 3.05) is 14.2 Å². The number of primary sulfonamides is 1. The summed E-state index contributed by atoms with van der Waals surface area (Å²) in [7, 11) is -5.12. The van der Waals surface area contributed by atoms with Gasteiger partial charge in [0.25, 0.3) is 0 Å². The molecule has 0 fully saturated rings. The van der Waals surface area contributed by atoms with Crippen LogP contribution in [0.1, 0.15) is 5.56 Å². The predicted molar refractivity (Wildman–Crippen MR) is 89.4 cm³/mol. The first kappa shape index (κ1) is 19.3. The summed E-state index contributed by atoms with van der Waals surface area (Å²) in [5.74, 6) is -0.531. The van der Waals surface area contributed by atoms with Gasteiger partial charge in [0, 0.05) is 13.6 Å². The van der Waals surface area contributed by atoms with Crippen LogP contribution >= 0.6 is 0 Å². The molecule has 0 aliphatic rings. The molecule has 2 aromatic rings. The molecule has 0 amide bonds. The molecule has 0 bridgehead atoms. The topological polar surface area (TPSA) is 107 Å². The van der Waals surface area contributed by atoms with Crippen molar-refractivity contribution in [2.24, 2.45) is 5.14 Å². The van der Waals surface area contributed by atoms with Crippen LogP contribution in [-0.4, -0.2) is 35.3 Å². The van der Waals surface area contributed by atoms with Crippen LogP contribution in [0.25, 0.3) is 0 Å². The average molecular weight is 388 g/mol. The van der Waals surface area contributed by atoms with Crippen LogP contribution in [0.15, 0.2) is 52.3 Å². The van der Waals surface area contributed by atoms with E-state index in [1.165, 1.54) is 26.3 Å². The van der Waals surface area contributed by atoms with E-state index in [4.69, 9.17) is 9.88 Å². The first-order valence-corrected chi connectivity index (χ1v) is 9.96. The van der Waals surface area contributed by atoms with E-state index >= 15 is 0 Å². The van der Waals surface area contributed by atoms with E-state index < -0.39 is 25.9 Å². The first-order valence-electron chi connectivity index (χ1n) is 6.97. The minimum atomic E-state index is -3.91. The van der Waals surface area contributed by atoms with Crippen LogP contribution in [0.3, 0.4) is 0 Å². The Labute approximate surface area is 145 Å². The van der Waals surface area contributed by atoms with Crippen molar-refractivity contribution >= 4 is 20.0 Å². The van der Waals surface area contributed by atoms with E-state index in [0.717, 1.165) is 28.6 Å². The smallest absolute Gasteiger partial charge is 0.243 e. The molecule has 0 spiro atoms. The Morgan fingerprint density at radius 1 is 1.04 bits per heavy atom. The molecule has 0 saturated carbocycles. The van der Waals surface area contributed by atoms with Crippen molar-refractivity contribution < 1.29 is 26.0 Å². The summed E-state index contributed by atoms with van der Waals surface area (Å²) in [6.07, 6.45) is 0. The third-order valence-electron chi connectivity index (χ3n) is 3.48. The molecular weight excluding hydrogens is 371 g/mol. The lowest BCUT2D eigenvalue weighted by Crippen LogP contribution is -2.26. The maximum Gasteiger partial charge on any atom is 0.243 e. The SMILES string of the molecule is COc1ccc(CN(C)S(=O)(=O)c2ccc(S(N)(=O)=O)cc2)cc1F. The van der Waals surface area contributed by atoms with Crippen LogP contribution in [-0.2, 0) is 26.6 Å². The second kappa shape index (κ2) is 7.08. The summed E-state index contributed by atoms with van der Waals surface area (Å²) in [4.78, 5) is -0.289. The molecule has 7 nitrogen and oxygen atoms in total. The number of nitrogens with two attached hydrogens (primary N) is 1. The Balaban J connectivity index is 2.25. The lowest BCUT2D eigenvalue weighted by molar-refractivity contribution is 0.385. The van der Waals surface area contributed by atoms with Crippen molar-refractivity contribution in [1.29, 1.82) is 0 Å². The highest BCUT2D eigenvalue weighted by Gasteiger charge is 2.22. The number of benzene rings is 2. The Hall–Kier alpha value is -2.01. The molecular formula is C15H17FN2O5S2. The number of nitrogens with zero attached hydrogens (tertiary/aromatic N) is 1. The molecule has 10 heteroatoms. The van der Waals surface area contributed by atoms with Crippen LogP contribution in [0, 0.1) is 5.82 Å². The molecule has 2 aromatic carbocycles. The molecule has 0 heterocycles. The highest BCUT2D eigenvalue weighted by Crippen LogP contribution is 2.22. The highest BCUT2D eigenvalue weighted by molar-refractivity contribution is 7.89. The number of methoxy groups -OCH3 is 1. The zero-order valence-electron chi connectivity index (χ0n) is 13.5. The normalized spacial score (nSPS) is 12.4. The molecule has 0 aromatic heterocycles. The zero-order valence-corrected chi connectivity index (χ0v) is 15.1. The van der Waals surface area contributed by atoms with Crippen molar-refractivity contribution in [3.8, 4) is 5.75 Å². The fraction of sp³-hybridized carbons (Fsp3) is 0.200. The number of halogens is 1. The van der Waals surface area contributed by atoms with Gasteiger partial charge < -0.3 is 4.74 Å². The average Bonchev–Trinajstić information content (AvgIpc) is 2.54. The number of sulfonamides is 2. The third-order valence-corrected chi connectivity index (χ3v) is 6.23. The molecule has 136 valence electrons. The maximum absolute atomic E-state index is 13.7. The van der Waals surface area contributed by atoms with Gasteiger partial charge >= 0.3 is 0 Å². The summed E-state index contributed by atoms with van der Waals surface area (Å²) in [6.45, 7) is -0.0693. The first-order chi connectivity index (χ1) is 11.6.